The Balaban J connectivity index is 2.39. The SMILES string of the molecule is CNCc1cc(-c2ccc(F)cc2)ccc1OC. The van der Waals surface area contributed by atoms with Crippen molar-refractivity contribution in [1.82, 2.24) is 5.32 Å². The summed E-state index contributed by atoms with van der Waals surface area (Å²) < 4.78 is 18.2. The number of hydrogen-bond donors (Lipinski definition) is 1. The van der Waals surface area contributed by atoms with E-state index in [4.69, 9.17) is 4.74 Å². The highest BCUT2D eigenvalue weighted by atomic mass is 19.1. The van der Waals surface area contributed by atoms with Crippen LogP contribution < -0.4 is 10.1 Å². The fraction of sp³-hybridized carbons (Fsp3) is 0.200. The van der Waals surface area contributed by atoms with E-state index in [-0.39, 0.29) is 5.82 Å². The van der Waals surface area contributed by atoms with Gasteiger partial charge in [0.15, 0.2) is 0 Å². The van der Waals surface area contributed by atoms with Gasteiger partial charge in [0.05, 0.1) is 7.11 Å². The zero-order chi connectivity index (χ0) is 13.0. The third kappa shape index (κ3) is 2.68. The third-order valence-electron chi connectivity index (χ3n) is 2.83. The molecule has 18 heavy (non-hydrogen) atoms. The molecular formula is C15H16FNO. The van der Waals surface area contributed by atoms with E-state index in [0.717, 1.165) is 29.0 Å². The predicted octanol–water partition coefficient (Wildman–Crippen LogP) is 3.22. The summed E-state index contributed by atoms with van der Waals surface area (Å²) in [5.41, 5.74) is 3.14. The minimum absolute atomic E-state index is 0.220. The van der Waals surface area contributed by atoms with Crippen molar-refractivity contribution < 1.29 is 9.13 Å². The minimum atomic E-state index is -0.220. The highest BCUT2D eigenvalue weighted by Gasteiger charge is 2.05. The van der Waals surface area contributed by atoms with Crippen LogP contribution in [0.1, 0.15) is 5.56 Å². The number of benzene rings is 2. The van der Waals surface area contributed by atoms with Gasteiger partial charge in [-0.05, 0) is 42.4 Å². The van der Waals surface area contributed by atoms with Crippen LogP contribution in [0.25, 0.3) is 11.1 Å². The molecular weight excluding hydrogens is 229 g/mol. The van der Waals surface area contributed by atoms with Crippen LogP contribution in [-0.4, -0.2) is 14.2 Å². The second-order valence-electron chi connectivity index (χ2n) is 4.06. The zero-order valence-corrected chi connectivity index (χ0v) is 10.5. The van der Waals surface area contributed by atoms with Crippen LogP contribution in [0.2, 0.25) is 0 Å². The average molecular weight is 245 g/mol. The lowest BCUT2D eigenvalue weighted by molar-refractivity contribution is 0.408. The lowest BCUT2D eigenvalue weighted by Crippen LogP contribution is -2.06. The molecule has 1 N–H and O–H groups in total. The molecule has 0 saturated carbocycles. The molecule has 3 heteroatoms. The van der Waals surface area contributed by atoms with E-state index in [9.17, 15) is 4.39 Å². The molecule has 0 heterocycles. The maximum absolute atomic E-state index is 12.9. The van der Waals surface area contributed by atoms with Crippen molar-refractivity contribution in [2.24, 2.45) is 0 Å². The van der Waals surface area contributed by atoms with Gasteiger partial charge in [-0.2, -0.15) is 0 Å². The summed E-state index contributed by atoms with van der Waals surface area (Å²) in [5.74, 6) is 0.637. The predicted molar refractivity (Wildman–Crippen MR) is 71.2 cm³/mol. The van der Waals surface area contributed by atoms with Crippen molar-refractivity contribution in [3.05, 3.63) is 53.8 Å². The van der Waals surface area contributed by atoms with Crippen LogP contribution in [0, 0.1) is 5.82 Å². The van der Waals surface area contributed by atoms with Gasteiger partial charge < -0.3 is 10.1 Å². The summed E-state index contributed by atoms with van der Waals surface area (Å²) in [5, 5.41) is 3.11. The highest BCUT2D eigenvalue weighted by Crippen LogP contribution is 2.26. The van der Waals surface area contributed by atoms with Crippen LogP contribution in [0.15, 0.2) is 42.5 Å². The van der Waals surface area contributed by atoms with Gasteiger partial charge >= 0.3 is 0 Å². The Hall–Kier alpha value is -1.87. The summed E-state index contributed by atoms with van der Waals surface area (Å²) in [7, 11) is 3.55. The molecule has 2 aromatic carbocycles. The van der Waals surface area contributed by atoms with Gasteiger partial charge in [0.25, 0.3) is 0 Å². The maximum Gasteiger partial charge on any atom is 0.123 e. The molecule has 0 spiro atoms. The molecule has 0 aliphatic heterocycles. The molecule has 2 nitrogen and oxygen atoms in total. The van der Waals surface area contributed by atoms with E-state index in [1.165, 1.54) is 12.1 Å². The molecule has 0 aromatic heterocycles. The summed E-state index contributed by atoms with van der Waals surface area (Å²) in [6, 6.07) is 12.5. The van der Waals surface area contributed by atoms with E-state index in [1.54, 1.807) is 19.2 Å². The van der Waals surface area contributed by atoms with E-state index in [0.29, 0.717) is 0 Å². The quantitative estimate of drug-likeness (QED) is 0.893. The monoisotopic (exact) mass is 245 g/mol. The van der Waals surface area contributed by atoms with Crippen LogP contribution in [0.5, 0.6) is 5.75 Å². The Kier molecular flexibility index (Phi) is 3.95. The fourth-order valence-electron chi connectivity index (χ4n) is 1.93. The van der Waals surface area contributed by atoms with Crippen LogP contribution >= 0.6 is 0 Å². The number of ether oxygens (including phenoxy) is 1. The molecule has 94 valence electrons. The normalized spacial score (nSPS) is 10.4. The van der Waals surface area contributed by atoms with Crippen LogP contribution in [0.4, 0.5) is 4.39 Å². The van der Waals surface area contributed by atoms with E-state index < -0.39 is 0 Å². The van der Waals surface area contributed by atoms with Crippen molar-refractivity contribution in [1.29, 1.82) is 0 Å². The summed E-state index contributed by atoms with van der Waals surface area (Å²) >= 11 is 0. The largest absolute Gasteiger partial charge is 0.496 e. The first kappa shape index (κ1) is 12.6. The summed E-state index contributed by atoms with van der Waals surface area (Å²) in [6.45, 7) is 0.734. The number of halogens is 1. The Morgan fingerprint density at radius 2 is 1.72 bits per heavy atom. The van der Waals surface area contributed by atoms with Crippen molar-refractivity contribution in [2.75, 3.05) is 14.2 Å². The van der Waals surface area contributed by atoms with Gasteiger partial charge in [-0.25, -0.2) is 4.39 Å². The van der Waals surface area contributed by atoms with Gasteiger partial charge in [0.2, 0.25) is 0 Å². The van der Waals surface area contributed by atoms with Crippen molar-refractivity contribution in [3.8, 4) is 16.9 Å². The molecule has 0 aliphatic rings. The van der Waals surface area contributed by atoms with Gasteiger partial charge in [-0.3, -0.25) is 0 Å². The number of methoxy groups -OCH3 is 1. The Morgan fingerprint density at radius 3 is 2.33 bits per heavy atom. The zero-order valence-electron chi connectivity index (χ0n) is 10.5. The first-order valence-corrected chi connectivity index (χ1v) is 5.82. The van der Waals surface area contributed by atoms with Crippen molar-refractivity contribution >= 4 is 0 Å². The third-order valence-corrected chi connectivity index (χ3v) is 2.83. The number of rotatable bonds is 4. The standard InChI is InChI=1S/C15H16FNO/c1-17-10-13-9-12(5-8-15(13)18-2)11-3-6-14(16)7-4-11/h3-9,17H,10H2,1-2H3. The second kappa shape index (κ2) is 5.65. The Labute approximate surface area is 106 Å². The first-order chi connectivity index (χ1) is 8.74. The molecule has 0 unspecified atom stereocenters. The van der Waals surface area contributed by atoms with Gasteiger partial charge in [0.1, 0.15) is 11.6 Å². The molecule has 2 rings (SSSR count). The van der Waals surface area contributed by atoms with E-state index >= 15 is 0 Å². The van der Waals surface area contributed by atoms with Crippen LogP contribution in [0.3, 0.4) is 0 Å². The lowest BCUT2D eigenvalue weighted by atomic mass is 10.0. The molecule has 0 radical (unpaired) electrons. The number of hydrogen-bond acceptors (Lipinski definition) is 2. The van der Waals surface area contributed by atoms with Gasteiger partial charge in [-0.15, -0.1) is 0 Å². The molecule has 2 aromatic rings. The smallest absolute Gasteiger partial charge is 0.123 e. The lowest BCUT2D eigenvalue weighted by Gasteiger charge is -2.10. The molecule has 0 bridgehead atoms. The summed E-state index contributed by atoms with van der Waals surface area (Å²) in [4.78, 5) is 0. The van der Waals surface area contributed by atoms with Gasteiger partial charge in [-0.1, -0.05) is 18.2 Å². The number of nitrogens with one attached hydrogen (secondary N) is 1. The summed E-state index contributed by atoms with van der Waals surface area (Å²) in [6.07, 6.45) is 0. The molecule has 0 amide bonds. The molecule has 0 saturated heterocycles. The Morgan fingerprint density at radius 1 is 1.06 bits per heavy atom. The fourth-order valence-corrected chi connectivity index (χ4v) is 1.93. The van der Waals surface area contributed by atoms with Gasteiger partial charge in [0, 0.05) is 12.1 Å². The second-order valence-corrected chi connectivity index (χ2v) is 4.06. The maximum atomic E-state index is 12.9. The topological polar surface area (TPSA) is 21.3 Å². The molecule has 0 fully saturated rings. The van der Waals surface area contributed by atoms with E-state index in [1.807, 2.05) is 19.2 Å². The van der Waals surface area contributed by atoms with Crippen molar-refractivity contribution in [2.45, 2.75) is 6.54 Å². The van der Waals surface area contributed by atoms with Crippen LogP contribution in [-0.2, 0) is 6.54 Å². The molecule has 0 atom stereocenters. The van der Waals surface area contributed by atoms with Crippen molar-refractivity contribution in [3.63, 3.8) is 0 Å². The highest BCUT2D eigenvalue weighted by molar-refractivity contribution is 5.65. The first-order valence-electron chi connectivity index (χ1n) is 5.82. The molecule has 0 aliphatic carbocycles. The van der Waals surface area contributed by atoms with E-state index in [2.05, 4.69) is 11.4 Å². The minimum Gasteiger partial charge on any atom is -0.496 e. The Bertz CT molecular complexity index is 523. The average Bonchev–Trinajstić information content (AvgIpc) is 2.40.